The van der Waals surface area contributed by atoms with Gasteiger partial charge in [0.05, 0.1) is 0 Å². The Kier molecular flexibility index (Phi) is 5.31. The van der Waals surface area contributed by atoms with Crippen LogP contribution in [0.15, 0.2) is 60.7 Å². The fraction of sp³-hybridized carbons (Fsp3) is 0.316. The molecule has 1 aliphatic heterocycles. The molecule has 114 valence electrons. The zero-order chi connectivity index (χ0) is 15.2. The van der Waals surface area contributed by atoms with Crippen molar-refractivity contribution in [2.45, 2.75) is 36.6 Å². The third-order valence-corrected chi connectivity index (χ3v) is 6.50. The van der Waals surface area contributed by atoms with Gasteiger partial charge in [0, 0.05) is 0 Å². The molecule has 2 aromatic carbocycles. The molecule has 0 N–H and O–H groups in total. The summed E-state index contributed by atoms with van der Waals surface area (Å²) in [4.78, 5) is 12.5. The van der Waals surface area contributed by atoms with Crippen LogP contribution in [-0.4, -0.2) is 27.0 Å². The van der Waals surface area contributed by atoms with Gasteiger partial charge in [0.1, 0.15) is 0 Å². The summed E-state index contributed by atoms with van der Waals surface area (Å²) in [6.07, 6.45) is 3.87. The van der Waals surface area contributed by atoms with Crippen molar-refractivity contribution in [3.63, 3.8) is 0 Å². The van der Waals surface area contributed by atoms with E-state index in [1.54, 1.807) is 0 Å². The molecular weight excluding hydrogens is 339 g/mol. The van der Waals surface area contributed by atoms with E-state index in [2.05, 4.69) is 24.3 Å². The minimum absolute atomic E-state index is 0.00211. The molecule has 0 amide bonds. The van der Waals surface area contributed by atoms with Gasteiger partial charge in [-0.2, -0.15) is 0 Å². The van der Waals surface area contributed by atoms with E-state index in [0.29, 0.717) is 0 Å². The van der Waals surface area contributed by atoms with Gasteiger partial charge in [0.2, 0.25) is 0 Å². The van der Waals surface area contributed by atoms with Crippen LogP contribution in [0.3, 0.4) is 0 Å². The van der Waals surface area contributed by atoms with E-state index >= 15 is 0 Å². The summed E-state index contributed by atoms with van der Waals surface area (Å²) in [7, 11) is 0. The fourth-order valence-electron chi connectivity index (χ4n) is 2.74. The molecule has 2 nitrogen and oxygen atoms in total. The van der Waals surface area contributed by atoms with Crippen LogP contribution in [0.25, 0.3) is 0 Å². The first-order valence-corrected chi connectivity index (χ1v) is 9.62. The Morgan fingerprint density at radius 3 is 2.36 bits per heavy atom. The number of ether oxygens (including phenoxy) is 1. The van der Waals surface area contributed by atoms with Crippen LogP contribution in [-0.2, 0) is 16.0 Å². The summed E-state index contributed by atoms with van der Waals surface area (Å²) < 4.78 is 7.05. The summed E-state index contributed by atoms with van der Waals surface area (Å²) >= 11 is 0.167. The quantitative estimate of drug-likeness (QED) is 0.619. The second kappa shape index (κ2) is 7.62. The Balaban J connectivity index is 1.61. The van der Waals surface area contributed by atoms with E-state index in [0.717, 1.165) is 25.7 Å². The van der Waals surface area contributed by atoms with Gasteiger partial charge in [-0.1, -0.05) is 0 Å². The van der Waals surface area contributed by atoms with Crippen LogP contribution < -0.4 is 4.46 Å². The van der Waals surface area contributed by atoms with E-state index in [1.807, 2.05) is 36.4 Å². The molecule has 22 heavy (non-hydrogen) atoms. The molecule has 3 rings (SSSR count). The van der Waals surface area contributed by atoms with Crippen molar-refractivity contribution in [1.29, 1.82) is 0 Å². The maximum atomic E-state index is 12.4. The molecule has 0 aromatic heterocycles. The van der Waals surface area contributed by atoms with Gasteiger partial charge < -0.3 is 0 Å². The molecule has 0 spiro atoms. The summed E-state index contributed by atoms with van der Waals surface area (Å²) in [5, 5.41) is 0. The Bertz CT molecular complexity index is 597. The molecule has 0 radical (unpaired) electrons. The monoisotopic (exact) mass is 360 g/mol. The Labute approximate surface area is 138 Å². The van der Waals surface area contributed by atoms with Crippen molar-refractivity contribution >= 4 is 25.4 Å². The van der Waals surface area contributed by atoms with Gasteiger partial charge in [0.15, 0.2) is 0 Å². The van der Waals surface area contributed by atoms with Crippen molar-refractivity contribution in [3.8, 4) is 0 Å². The average molecular weight is 359 g/mol. The third-order valence-electron chi connectivity index (χ3n) is 3.87. The van der Waals surface area contributed by atoms with E-state index in [4.69, 9.17) is 4.74 Å². The van der Waals surface area contributed by atoms with Gasteiger partial charge in [-0.15, -0.1) is 0 Å². The standard InChI is InChI=1S/C19H20O2Se/c20-19-18(22-17-11-5-2-6-12-17)13-7-10-16(21-19)14-15-8-3-1-4-9-15/h1-6,8-9,11-12,16,18H,7,10,13-14H2/t16-,18+/m1/s1. The van der Waals surface area contributed by atoms with E-state index in [9.17, 15) is 4.79 Å². The molecule has 0 unspecified atom stereocenters. The number of carbonyl (C=O) groups is 1. The molecular formula is C19H20O2Se. The molecule has 3 heteroatoms. The first-order chi connectivity index (χ1) is 10.8. The summed E-state index contributed by atoms with van der Waals surface area (Å²) in [5.74, 6) is 0.00211. The number of hydrogen-bond donors (Lipinski definition) is 0. The zero-order valence-corrected chi connectivity index (χ0v) is 14.2. The van der Waals surface area contributed by atoms with Gasteiger partial charge in [-0.25, -0.2) is 0 Å². The normalized spacial score (nSPS) is 21.9. The summed E-state index contributed by atoms with van der Waals surface area (Å²) in [6.45, 7) is 0. The topological polar surface area (TPSA) is 26.3 Å². The van der Waals surface area contributed by atoms with Crippen molar-refractivity contribution in [1.82, 2.24) is 0 Å². The van der Waals surface area contributed by atoms with Crippen molar-refractivity contribution in [2.24, 2.45) is 0 Å². The van der Waals surface area contributed by atoms with Gasteiger partial charge in [-0.3, -0.25) is 0 Å². The summed E-state index contributed by atoms with van der Waals surface area (Å²) in [6, 6.07) is 20.6. The maximum absolute atomic E-state index is 12.4. The van der Waals surface area contributed by atoms with Crippen molar-refractivity contribution in [2.75, 3.05) is 0 Å². The van der Waals surface area contributed by atoms with Crippen molar-refractivity contribution in [3.05, 3.63) is 66.2 Å². The molecule has 1 fully saturated rings. The Hall–Kier alpha value is -1.57. The second-order valence-corrected chi connectivity index (χ2v) is 8.28. The number of hydrogen-bond acceptors (Lipinski definition) is 2. The SMILES string of the molecule is O=C1O[C@@H](Cc2ccccc2)CCC[C@@H]1[Se]c1ccccc1. The number of cyclic esters (lactones) is 1. The molecule has 1 aliphatic rings. The molecule has 2 aromatic rings. The number of benzene rings is 2. The van der Waals surface area contributed by atoms with Crippen LogP contribution in [0.5, 0.6) is 0 Å². The van der Waals surface area contributed by atoms with Crippen LogP contribution in [0.2, 0.25) is 4.82 Å². The van der Waals surface area contributed by atoms with Gasteiger partial charge in [-0.05, 0) is 0 Å². The van der Waals surface area contributed by atoms with E-state index in [-0.39, 0.29) is 31.8 Å². The average Bonchev–Trinajstić information content (AvgIpc) is 2.71. The third kappa shape index (κ3) is 4.22. The van der Waals surface area contributed by atoms with Crippen LogP contribution in [0, 0.1) is 0 Å². The molecule has 0 saturated carbocycles. The molecule has 2 atom stereocenters. The predicted octanol–water partition coefficient (Wildman–Crippen LogP) is 3.14. The van der Waals surface area contributed by atoms with Crippen LogP contribution in [0.4, 0.5) is 0 Å². The fourth-order valence-corrected chi connectivity index (χ4v) is 5.00. The van der Waals surface area contributed by atoms with Gasteiger partial charge >= 0.3 is 138 Å². The Morgan fingerprint density at radius 2 is 1.64 bits per heavy atom. The first-order valence-electron chi connectivity index (χ1n) is 7.77. The van der Waals surface area contributed by atoms with E-state index < -0.39 is 0 Å². The summed E-state index contributed by atoms with van der Waals surface area (Å²) in [5.41, 5.74) is 1.24. The number of rotatable bonds is 4. The zero-order valence-electron chi connectivity index (χ0n) is 12.5. The molecule has 1 saturated heterocycles. The second-order valence-electron chi connectivity index (χ2n) is 5.60. The molecule has 0 aliphatic carbocycles. The minimum atomic E-state index is 0.00211. The van der Waals surface area contributed by atoms with Crippen molar-refractivity contribution < 1.29 is 9.53 Å². The van der Waals surface area contributed by atoms with E-state index in [1.165, 1.54) is 10.0 Å². The molecule has 0 bridgehead atoms. The van der Waals surface area contributed by atoms with Gasteiger partial charge in [0.25, 0.3) is 0 Å². The van der Waals surface area contributed by atoms with Crippen LogP contribution >= 0.6 is 0 Å². The first kappa shape index (κ1) is 15.3. The number of esters is 1. The number of carbonyl (C=O) groups excluding carboxylic acids is 1. The Morgan fingerprint density at radius 1 is 0.955 bits per heavy atom. The predicted molar refractivity (Wildman–Crippen MR) is 89.5 cm³/mol. The van der Waals surface area contributed by atoms with Crippen LogP contribution in [0.1, 0.15) is 24.8 Å². The molecule has 1 heterocycles.